The smallest absolute Gasteiger partial charge is 0.321 e. The van der Waals surface area contributed by atoms with Gasteiger partial charge in [-0.2, -0.15) is 9.82 Å². The van der Waals surface area contributed by atoms with E-state index < -0.39 is 22.0 Å². The van der Waals surface area contributed by atoms with E-state index >= 15 is 0 Å². The van der Waals surface area contributed by atoms with Crippen LogP contribution in [0.2, 0.25) is 0 Å². The Morgan fingerprint density at radius 1 is 1.53 bits per heavy atom. The lowest BCUT2D eigenvalue weighted by Crippen LogP contribution is -2.40. The molecule has 1 aromatic rings. The van der Waals surface area contributed by atoms with Crippen molar-refractivity contribution in [3.63, 3.8) is 0 Å². The predicted molar refractivity (Wildman–Crippen MR) is 60.1 cm³/mol. The lowest BCUT2D eigenvalue weighted by molar-refractivity contribution is -0.139. The largest absolute Gasteiger partial charge is 0.480 e. The zero-order valence-corrected chi connectivity index (χ0v) is 10.6. The molecule has 0 fully saturated rings. The molecule has 3 N–H and O–H groups in total. The summed E-state index contributed by atoms with van der Waals surface area (Å²) in [6, 6.07) is -1.13. The normalized spacial score (nSPS) is 13.6. The maximum atomic E-state index is 12.0. The van der Waals surface area contributed by atoms with Gasteiger partial charge in [0.15, 0.2) is 0 Å². The van der Waals surface area contributed by atoms with Gasteiger partial charge >= 0.3 is 5.97 Å². The fourth-order valence-electron chi connectivity index (χ4n) is 1.49. The molecule has 7 nitrogen and oxygen atoms in total. The molecular weight excluding hydrogens is 246 g/mol. The first-order chi connectivity index (χ1) is 7.79. The standard InChI is InChI=1S/C9H15N3O4S/c1-4-7(9(13)14)12-17(15,16)8-5(2)10-11-6(8)3/h7,12H,4H2,1-3H3,(H,10,11)(H,13,14)/t7-/m1/s1. The molecule has 0 aromatic carbocycles. The number of nitrogens with one attached hydrogen (secondary N) is 2. The van der Waals surface area contributed by atoms with Crippen LogP contribution in [0.1, 0.15) is 24.7 Å². The topological polar surface area (TPSA) is 112 Å². The van der Waals surface area contributed by atoms with E-state index in [2.05, 4.69) is 14.9 Å². The Morgan fingerprint density at radius 2 is 2.12 bits per heavy atom. The molecule has 8 heteroatoms. The molecule has 96 valence electrons. The molecule has 0 saturated heterocycles. The number of carboxylic acid groups (broad SMARTS) is 1. The molecule has 0 radical (unpaired) electrons. The molecule has 0 unspecified atom stereocenters. The first-order valence-electron chi connectivity index (χ1n) is 5.06. The number of hydrogen-bond acceptors (Lipinski definition) is 4. The summed E-state index contributed by atoms with van der Waals surface area (Å²) in [5.74, 6) is -1.20. The van der Waals surface area contributed by atoms with Crippen LogP contribution in [-0.4, -0.2) is 35.7 Å². The Labute approximate surface area is 99.3 Å². The first kappa shape index (κ1) is 13.7. The zero-order valence-electron chi connectivity index (χ0n) is 9.81. The Bertz CT molecular complexity index is 501. The molecule has 0 bridgehead atoms. The summed E-state index contributed by atoms with van der Waals surface area (Å²) in [6.45, 7) is 4.70. The van der Waals surface area contributed by atoms with Gasteiger partial charge < -0.3 is 5.11 Å². The van der Waals surface area contributed by atoms with Crippen molar-refractivity contribution in [2.24, 2.45) is 0 Å². The number of aromatic amines is 1. The number of carbonyl (C=O) groups is 1. The maximum Gasteiger partial charge on any atom is 0.321 e. The maximum absolute atomic E-state index is 12.0. The van der Waals surface area contributed by atoms with Crippen LogP contribution in [0.4, 0.5) is 0 Å². The van der Waals surface area contributed by atoms with Gasteiger partial charge in [-0.15, -0.1) is 0 Å². The van der Waals surface area contributed by atoms with Gasteiger partial charge in [0.1, 0.15) is 10.9 Å². The molecule has 0 aliphatic heterocycles. The van der Waals surface area contributed by atoms with Crippen LogP contribution >= 0.6 is 0 Å². The highest BCUT2D eigenvalue weighted by molar-refractivity contribution is 7.89. The molecular formula is C9H15N3O4S. The van der Waals surface area contributed by atoms with Gasteiger partial charge in [-0.05, 0) is 20.3 Å². The van der Waals surface area contributed by atoms with Crippen molar-refractivity contribution < 1.29 is 18.3 Å². The Hall–Kier alpha value is -1.41. The van der Waals surface area contributed by atoms with Crippen LogP contribution < -0.4 is 4.72 Å². The van der Waals surface area contributed by atoms with Crippen molar-refractivity contribution in [1.82, 2.24) is 14.9 Å². The van der Waals surface area contributed by atoms with Crippen LogP contribution in [0.5, 0.6) is 0 Å². The Morgan fingerprint density at radius 3 is 2.47 bits per heavy atom. The molecule has 1 heterocycles. The quantitative estimate of drug-likeness (QED) is 0.699. The summed E-state index contributed by atoms with van der Waals surface area (Å²) >= 11 is 0. The number of nitrogens with zero attached hydrogens (tertiary/aromatic N) is 1. The minimum Gasteiger partial charge on any atom is -0.480 e. The highest BCUT2D eigenvalue weighted by Crippen LogP contribution is 2.17. The molecule has 1 rings (SSSR count). The van der Waals surface area contributed by atoms with E-state index in [0.717, 1.165) is 0 Å². The van der Waals surface area contributed by atoms with Gasteiger partial charge in [0, 0.05) is 0 Å². The molecule has 1 aromatic heterocycles. The minimum absolute atomic E-state index is 0.0113. The van der Waals surface area contributed by atoms with Gasteiger partial charge in [0.2, 0.25) is 10.0 Å². The Balaban J connectivity index is 3.09. The van der Waals surface area contributed by atoms with Crippen LogP contribution in [0.3, 0.4) is 0 Å². The average Bonchev–Trinajstić information content (AvgIpc) is 2.55. The van der Waals surface area contributed by atoms with Gasteiger partial charge in [-0.25, -0.2) is 8.42 Å². The number of hydrogen-bond donors (Lipinski definition) is 3. The van der Waals surface area contributed by atoms with Gasteiger partial charge in [0.05, 0.1) is 11.4 Å². The number of H-pyrrole nitrogens is 1. The van der Waals surface area contributed by atoms with Crippen molar-refractivity contribution in [3.05, 3.63) is 11.4 Å². The SMILES string of the molecule is CC[C@@H](NS(=O)(=O)c1c(C)n[nH]c1C)C(=O)O. The highest BCUT2D eigenvalue weighted by atomic mass is 32.2. The van der Waals surface area contributed by atoms with Crippen LogP contribution in [0.25, 0.3) is 0 Å². The van der Waals surface area contributed by atoms with E-state index in [-0.39, 0.29) is 11.3 Å². The monoisotopic (exact) mass is 261 g/mol. The zero-order chi connectivity index (χ0) is 13.2. The third-order valence-electron chi connectivity index (χ3n) is 2.33. The minimum atomic E-state index is -3.86. The molecule has 0 aliphatic carbocycles. The number of aromatic nitrogens is 2. The summed E-state index contributed by atoms with van der Waals surface area (Å²) in [6.07, 6.45) is 0.171. The van der Waals surface area contributed by atoms with Crippen molar-refractivity contribution in [3.8, 4) is 0 Å². The number of aryl methyl sites for hydroxylation is 2. The average molecular weight is 261 g/mol. The second-order valence-corrected chi connectivity index (χ2v) is 5.33. The number of carboxylic acids is 1. The van der Waals surface area contributed by atoms with Gasteiger partial charge in [-0.3, -0.25) is 9.89 Å². The second-order valence-electron chi connectivity index (χ2n) is 3.68. The van der Waals surface area contributed by atoms with E-state index in [1.54, 1.807) is 20.8 Å². The van der Waals surface area contributed by atoms with Gasteiger partial charge in [-0.1, -0.05) is 6.92 Å². The van der Waals surface area contributed by atoms with Crippen molar-refractivity contribution in [1.29, 1.82) is 0 Å². The highest BCUT2D eigenvalue weighted by Gasteiger charge is 2.27. The van der Waals surface area contributed by atoms with Crippen molar-refractivity contribution >= 4 is 16.0 Å². The summed E-state index contributed by atoms with van der Waals surface area (Å²) in [5, 5.41) is 15.1. The number of aliphatic carboxylic acids is 1. The third-order valence-corrected chi connectivity index (χ3v) is 4.07. The fourth-order valence-corrected chi connectivity index (χ4v) is 3.13. The summed E-state index contributed by atoms with van der Waals surface area (Å²) in [7, 11) is -3.86. The van der Waals surface area contributed by atoms with Crippen LogP contribution in [-0.2, 0) is 14.8 Å². The molecule has 17 heavy (non-hydrogen) atoms. The predicted octanol–water partition coefficient (Wildman–Crippen LogP) is 0.168. The lowest BCUT2D eigenvalue weighted by atomic mass is 10.2. The molecule has 0 aliphatic rings. The van der Waals surface area contributed by atoms with E-state index in [4.69, 9.17) is 5.11 Å². The molecule has 0 saturated carbocycles. The number of rotatable bonds is 5. The lowest BCUT2D eigenvalue weighted by Gasteiger charge is -2.12. The molecule has 0 spiro atoms. The summed E-state index contributed by atoms with van der Waals surface area (Å²) in [5.41, 5.74) is 0.700. The van der Waals surface area contributed by atoms with Crippen LogP contribution in [0.15, 0.2) is 4.90 Å². The van der Waals surface area contributed by atoms with E-state index in [9.17, 15) is 13.2 Å². The Kier molecular flexibility index (Phi) is 3.89. The molecule has 0 amide bonds. The van der Waals surface area contributed by atoms with E-state index in [1.165, 1.54) is 0 Å². The van der Waals surface area contributed by atoms with Gasteiger partial charge in [0.25, 0.3) is 0 Å². The van der Waals surface area contributed by atoms with E-state index in [1.807, 2.05) is 0 Å². The fraction of sp³-hybridized carbons (Fsp3) is 0.556. The van der Waals surface area contributed by atoms with Crippen molar-refractivity contribution in [2.75, 3.05) is 0 Å². The number of sulfonamides is 1. The first-order valence-corrected chi connectivity index (χ1v) is 6.54. The van der Waals surface area contributed by atoms with Crippen molar-refractivity contribution in [2.45, 2.75) is 38.1 Å². The van der Waals surface area contributed by atoms with Crippen LogP contribution in [0, 0.1) is 13.8 Å². The summed E-state index contributed by atoms with van der Waals surface area (Å²) in [4.78, 5) is 10.8. The van der Waals surface area contributed by atoms with E-state index in [0.29, 0.717) is 11.4 Å². The third kappa shape index (κ3) is 2.83. The summed E-state index contributed by atoms with van der Waals surface area (Å²) < 4.78 is 26.1. The second kappa shape index (κ2) is 4.84. The molecule has 1 atom stereocenters.